The summed E-state index contributed by atoms with van der Waals surface area (Å²) in [6.07, 6.45) is 0. The van der Waals surface area contributed by atoms with Crippen LogP contribution in [0.1, 0.15) is 10.5 Å². The molecule has 0 aliphatic heterocycles. The molecule has 2 rings (SSSR count). The van der Waals surface area contributed by atoms with Crippen molar-refractivity contribution in [2.45, 2.75) is 0 Å². The second-order valence-corrected chi connectivity index (χ2v) is 3.39. The molecule has 2 aromatic rings. The molecular formula is C11H8FNO5. The van der Waals surface area contributed by atoms with E-state index in [-0.39, 0.29) is 22.8 Å². The summed E-state index contributed by atoms with van der Waals surface area (Å²) in [6.45, 7) is 0. The summed E-state index contributed by atoms with van der Waals surface area (Å²) in [5.41, 5.74) is -0.221. The normalized spacial score (nSPS) is 10.3. The highest BCUT2D eigenvalue weighted by Crippen LogP contribution is 2.34. The van der Waals surface area contributed by atoms with Gasteiger partial charge in [-0.2, -0.15) is 0 Å². The van der Waals surface area contributed by atoms with Gasteiger partial charge in [-0.3, -0.25) is 0 Å². The van der Waals surface area contributed by atoms with Crippen LogP contribution in [-0.2, 0) is 0 Å². The molecule has 1 aromatic carbocycles. The minimum absolute atomic E-state index is 0.00296. The van der Waals surface area contributed by atoms with Crippen LogP contribution < -0.4 is 4.74 Å². The van der Waals surface area contributed by atoms with Crippen LogP contribution in [0.4, 0.5) is 4.39 Å². The van der Waals surface area contributed by atoms with Crippen molar-refractivity contribution in [1.29, 1.82) is 0 Å². The summed E-state index contributed by atoms with van der Waals surface area (Å²) in [4.78, 5) is 10.6. The van der Waals surface area contributed by atoms with E-state index in [0.29, 0.717) is 0 Å². The standard InChI is InChI=1S/C11H8FNO5/c1-17-10-2-5(8(14)3-6(10)12)9-4-7(11(15)16)13-18-9/h2-4,14H,1H3,(H,15,16). The Bertz CT molecular complexity index is 607. The van der Waals surface area contributed by atoms with Crippen molar-refractivity contribution in [3.8, 4) is 22.8 Å². The van der Waals surface area contributed by atoms with E-state index in [9.17, 15) is 14.3 Å². The molecule has 0 radical (unpaired) electrons. The van der Waals surface area contributed by atoms with Gasteiger partial charge in [0.15, 0.2) is 23.0 Å². The number of ether oxygens (including phenoxy) is 1. The molecule has 7 heteroatoms. The third kappa shape index (κ3) is 1.97. The zero-order chi connectivity index (χ0) is 13.3. The fourth-order valence-corrected chi connectivity index (χ4v) is 1.40. The van der Waals surface area contributed by atoms with Gasteiger partial charge in [-0.05, 0) is 6.07 Å². The number of aromatic nitrogens is 1. The molecule has 2 N–H and O–H groups in total. The lowest BCUT2D eigenvalue weighted by Gasteiger charge is -2.05. The lowest BCUT2D eigenvalue weighted by molar-refractivity contribution is 0.0686. The topological polar surface area (TPSA) is 92.8 Å². The smallest absolute Gasteiger partial charge is 0.358 e. The van der Waals surface area contributed by atoms with E-state index in [0.717, 1.165) is 12.1 Å². The van der Waals surface area contributed by atoms with Crippen molar-refractivity contribution in [2.24, 2.45) is 0 Å². The minimum atomic E-state index is -1.27. The SMILES string of the molecule is COc1cc(-c2cc(C(=O)O)no2)c(O)cc1F. The molecule has 94 valence electrons. The summed E-state index contributed by atoms with van der Waals surface area (Å²) in [5, 5.41) is 21.6. The van der Waals surface area contributed by atoms with Gasteiger partial charge in [-0.1, -0.05) is 5.16 Å². The highest BCUT2D eigenvalue weighted by Gasteiger charge is 2.17. The third-order valence-corrected chi connectivity index (χ3v) is 2.26. The lowest BCUT2D eigenvalue weighted by Crippen LogP contribution is -1.94. The van der Waals surface area contributed by atoms with Gasteiger partial charge in [0.1, 0.15) is 5.75 Å². The summed E-state index contributed by atoms with van der Waals surface area (Å²) in [6, 6.07) is 3.16. The fourth-order valence-electron chi connectivity index (χ4n) is 1.40. The molecule has 0 atom stereocenters. The Labute approximate surface area is 100 Å². The minimum Gasteiger partial charge on any atom is -0.507 e. The molecule has 0 fully saturated rings. The first kappa shape index (κ1) is 11.9. The molecule has 0 spiro atoms. The van der Waals surface area contributed by atoms with Gasteiger partial charge < -0.3 is 19.5 Å². The van der Waals surface area contributed by atoms with Crippen LogP contribution in [0.3, 0.4) is 0 Å². The number of aromatic hydroxyl groups is 1. The number of phenols is 1. The van der Waals surface area contributed by atoms with Gasteiger partial charge in [0.25, 0.3) is 0 Å². The van der Waals surface area contributed by atoms with Crippen LogP contribution >= 0.6 is 0 Å². The number of hydrogen-bond donors (Lipinski definition) is 2. The number of aromatic carboxylic acids is 1. The Morgan fingerprint density at radius 3 is 2.72 bits per heavy atom. The molecule has 0 aliphatic rings. The number of benzene rings is 1. The predicted molar refractivity (Wildman–Crippen MR) is 57.1 cm³/mol. The van der Waals surface area contributed by atoms with Gasteiger partial charge in [0, 0.05) is 12.1 Å². The number of hydrogen-bond acceptors (Lipinski definition) is 5. The molecule has 1 aromatic heterocycles. The van der Waals surface area contributed by atoms with E-state index in [1.807, 2.05) is 0 Å². The van der Waals surface area contributed by atoms with Gasteiger partial charge in [0.05, 0.1) is 12.7 Å². The summed E-state index contributed by atoms with van der Waals surface area (Å²) < 4.78 is 22.8. The molecule has 0 amide bonds. The first-order chi connectivity index (χ1) is 8.52. The average Bonchev–Trinajstić information content (AvgIpc) is 2.78. The lowest BCUT2D eigenvalue weighted by atomic mass is 10.1. The Morgan fingerprint density at radius 2 is 2.17 bits per heavy atom. The number of phenolic OH excluding ortho intramolecular Hbond substituents is 1. The molecule has 18 heavy (non-hydrogen) atoms. The van der Waals surface area contributed by atoms with Crippen LogP contribution in [0, 0.1) is 5.82 Å². The van der Waals surface area contributed by atoms with E-state index in [1.54, 1.807) is 0 Å². The summed E-state index contributed by atoms with van der Waals surface area (Å²) in [5.74, 6) is -2.50. The zero-order valence-electron chi connectivity index (χ0n) is 9.18. The van der Waals surface area contributed by atoms with E-state index in [4.69, 9.17) is 14.4 Å². The number of carboxylic acid groups (broad SMARTS) is 1. The quantitative estimate of drug-likeness (QED) is 0.867. The maximum Gasteiger partial charge on any atom is 0.358 e. The number of methoxy groups -OCH3 is 1. The Balaban J connectivity index is 2.52. The number of rotatable bonds is 3. The molecule has 0 unspecified atom stereocenters. The van der Waals surface area contributed by atoms with E-state index in [1.165, 1.54) is 13.2 Å². The largest absolute Gasteiger partial charge is 0.507 e. The Kier molecular flexibility index (Phi) is 2.88. The molecule has 6 nitrogen and oxygen atoms in total. The van der Waals surface area contributed by atoms with Crippen LogP contribution in [0.5, 0.6) is 11.5 Å². The van der Waals surface area contributed by atoms with Gasteiger partial charge in [0.2, 0.25) is 0 Å². The van der Waals surface area contributed by atoms with Crippen LogP contribution in [-0.4, -0.2) is 28.4 Å². The van der Waals surface area contributed by atoms with Gasteiger partial charge >= 0.3 is 5.97 Å². The molecule has 0 bridgehead atoms. The Morgan fingerprint density at radius 1 is 1.44 bits per heavy atom. The van der Waals surface area contributed by atoms with Crippen LogP contribution in [0.15, 0.2) is 22.7 Å². The maximum atomic E-state index is 13.3. The van der Waals surface area contributed by atoms with E-state index >= 15 is 0 Å². The van der Waals surface area contributed by atoms with Crippen LogP contribution in [0.2, 0.25) is 0 Å². The maximum absolute atomic E-state index is 13.3. The monoisotopic (exact) mass is 253 g/mol. The van der Waals surface area contributed by atoms with Crippen molar-refractivity contribution in [2.75, 3.05) is 7.11 Å². The summed E-state index contributed by atoms with van der Waals surface area (Å²) >= 11 is 0. The van der Waals surface area contributed by atoms with Crippen LogP contribution in [0.25, 0.3) is 11.3 Å². The third-order valence-electron chi connectivity index (χ3n) is 2.26. The Hall–Kier alpha value is -2.57. The number of carbonyl (C=O) groups is 1. The molecular weight excluding hydrogens is 245 g/mol. The summed E-state index contributed by atoms with van der Waals surface area (Å²) in [7, 11) is 1.27. The number of carboxylic acids is 1. The van der Waals surface area contributed by atoms with Crippen molar-refractivity contribution in [3.05, 3.63) is 29.7 Å². The number of halogens is 1. The molecule has 1 heterocycles. The number of nitrogens with zero attached hydrogens (tertiary/aromatic N) is 1. The zero-order valence-corrected chi connectivity index (χ0v) is 9.18. The van der Waals surface area contributed by atoms with Gasteiger partial charge in [-0.25, -0.2) is 9.18 Å². The molecule has 0 aliphatic carbocycles. The first-order valence-electron chi connectivity index (χ1n) is 4.80. The highest BCUT2D eigenvalue weighted by molar-refractivity contribution is 5.86. The highest BCUT2D eigenvalue weighted by atomic mass is 19.1. The average molecular weight is 253 g/mol. The van der Waals surface area contributed by atoms with E-state index < -0.39 is 17.5 Å². The predicted octanol–water partition coefficient (Wildman–Crippen LogP) is 1.89. The van der Waals surface area contributed by atoms with Crippen molar-refractivity contribution < 1.29 is 28.7 Å². The fraction of sp³-hybridized carbons (Fsp3) is 0.0909. The van der Waals surface area contributed by atoms with Gasteiger partial charge in [-0.15, -0.1) is 0 Å². The molecule has 0 saturated heterocycles. The van der Waals surface area contributed by atoms with Crippen molar-refractivity contribution >= 4 is 5.97 Å². The van der Waals surface area contributed by atoms with Crippen molar-refractivity contribution in [1.82, 2.24) is 5.16 Å². The van der Waals surface area contributed by atoms with E-state index in [2.05, 4.69) is 5.16 Å². The molecule has 0 saturated carbocycles. The van der Waals surface area contributed by atoms with Crippen molar-refractivity contribution in [3.63, 3.8) is 0 Å². The first-order valence-corrected chi connectivity index (χ1v) is 4.80. The second-order valence-electron chi connectivity index (χ2n) is 3.39. The second kappa shape index (κ2) is 4.36.